The van der Waals surface area contributed by atoms with E-state index in [2.05, 4.69) is 5.32 Å². The fourth-order valence-electron chi connectivity index (χ4n) is 3.22. The van der Waals surface area contributed by atoms with E-state index in [4.69, 9.17) is 5.73 Å². The predicted octanol–water partition coefficient (Wildman–Crippen LogP) is 2.18. The van der Waals surface area contributed by atoms with Crippen molar-refractivity contribution in [1.82, 2.24) is 10.2 Å². The highest BCUT2D eigenvalue weighted by molar-refractivity contribution is 5.85. The van der Waals surface area contributed by atoms with E-state index in [-0.39, 0.29) is 30.1 Å². The summed E-state index contributed by atoms with van der Waals surface area (Å²) >= 11 is 0. The Kier molecular flexibility index (Phi) is 6.85. The number of carbonyl (C=O) groups excluding carboxylic acids is 2. The Hall–Kier alpha value is -1.59. The average Bonchev–Trinajstić information content (AvgIpc) is 3.43. The molecule has 0 spiro atoms. The summed E-state index contributed by atoms with van der Waals surface area (Å²) < 4.78 is 0. The minimum absolute atomic E-state index is 0. The van der Waals surface area contributed by atoms with Gasteiger partial charge in [0.25, 0.3) is 0 Å². The number of rotatable bonds is 5. The van der Waals surface area contributed by atoms with E-state index < -0.39 is 6.04 Å². The molecule has 6 heteroatoms. The lowest BCUT2D eigenvalue weighted by atomic mass is 9.95. The fraction of sp³-hybridized carbons (Fsp3) is 0.579. The van der Waals surface area contributed by atoms with Crippen LogP contribution in [0.1, 0.15) is 42.9 Å². The molecule has 1 saturated carbocycles. The van der Waals surface area contributed by atoms with E-state index in [1.807, 2.05) is 31.2 Å². The smallest absolute Gasteiger partial charge is 0.244 e. The van der Waals surface area contributed by atoms with Crippen molar-refractivity contribution in [2.75, 3.05) is 19.6 Å². The second kappa shape index (κ2) is 8.68. The number of amides is 2. The van der Waals surface area contributed by atoms with Gasteiger partial charge < -0.3 is 16.0 Å². The van der Waals surface area contributed by atoms with Gasteiger partial charge in [0.15, 0.2) is 0 Å². The van der Waals surface area contributed by atoms with Crippen molar-refractivity contribution in [3.8, 4) is 0 Å². The lowest BCUT2D eigenvalue weighted by Crippen LogP contribution is -2.48. The van der Waals surface area contributed by atoms with Gasteiger partial charge in [-0.3, -0.25) is 9.59 Å². The summed E-state index contributed by atoms with van der Waals surface area (Å²) in [5, 5.41) is 3.03. The maximum absolute atomic E-state index is 12.7. The van der Waals surface area contributed by atoms with Crippen LogP contribution < -0.4 is 11.1 Å². The molecule has 2 amide bonds. The molecular weight excluding hydrogens is 338 g/mol. The van der Waals surface area contributed by atoms with Crippen LogP contribution in [0, 0.1) is 18.8 Å². The van der Waals surface area contributed by atoms with Crippen LogP contribution in [-0.2, 0) is 9.59 Å². The monoisotopic (exact) mass is 365 g/mol. The van der Waals surface area contributed by atoms with Crippen molar-refractivity contribution in [2.45, 2.75) is 38.6 Å². The van der Waals surface area contributed by atoms with Crippen molar-refractivity contribution in [1.29, 1.82) is 0 Å². The van der Waals surface area contributed by atoms with Gasteiger partial charge in [0.2, 0.25) is 11.8 Å². The molecule has 1 aromatic rings. The molecule has 2 aliphatic rings. The number of likely N-dealkylation sites (tertiary alicyclic amines) is 1. The predicted molar refractivity (Wildman–Crippen MR) is 100 cm³/mol. The number of halogens is 1. The first-order valence-corrected chi connectivity index (χ1v) is 8.93. The quantitative estimate of drug-likeness (QED) is 0.839. The standard InChI is InChI=1S/C19H27N3O2.ClH/c1-13-4-8-15(9-5-13)17(20)19(24)22-10-2-3-16(12-22)18(23)21-11-14-6-7-14;/h4-5,8-9,14,16-17H,2-3,6-7,10-12,20H2,1H3,(H,21,23);1H. The van der Waals surface area contributed by atoms with Gasteiger partial charge in [0, 0.05) is 19.6 Å². The van der Waals surface area contributed by atoms with Crippen molar-refractivity contribution >= 4 is 24.2 Å². The largest absolute Gasteiger partial charge is 0.356 e. The van der Waals surface area contributed by atoms with Gasteiger partial charge in [0.1, 0.15) is 6.04 Å². The van der Waals surface area contributed by atoms with Crippen LogP contribution >= 0.6 is 12.4 Å². The highest BCUT2D eigenvalue weighted by Crippen LogP contribution is 2.28. The average molecular weight is 366 g/mol. The fourth-order valence-corrected chi connectivity index (χ4v) is 3.22. The number of nitrogens with one attached hydrogen (secondary N) is 1. The number of piperidine rings is 1. The second-order valence-corrected chi connectivity index (χ2v) is 7.20. The molecule has 3 rings (SSSR count). The summed E-state index contributed by atoms with van der Waals surface area (Å²) in [4.78, 5) is 26.8. The van der Waals surface area contributed by atoms with E-state index in [1.54, 1.807) is 4.90 Å². The molecule has 1 saturated heterocycles. The third-order valence-electron chi connectivity index (χ3n) is 5.07. The van der Waals surface area contributed by atoms with Crippen molar-refractivity contribution in [3.63, 3.8) is 0 Å². The number of nitrogens with zero attached hydrogens (tertiary/aromatic N) is 1. The topological polar surface area (TPSA) is 75.4 Å². The van der Waals surface area contributed by atoms with Crippen LogP contribution in [0.5, 0.6) is 0 Å². The van der Waals surface area contributed by atoms with Gasteiger partial charge in [-0.15, -0.1) is 12.4 Å². The first-order chi connectivity index (χ1) is 11.5. The zero-order valence-electron chi connectivity index (χ0n) is 14.7. The normalized spacial score (nSPS) is 21.2. The van der Waals surface area contributed by atoms with Crippen LogP contribution in [0.2, 0.25) is 0 Å². The minimum atomic E-state index is -0.654. The van der Waals surface area contributed by atoms with E-state index in [9.17, 15) is 9.59 Å². The highest BCUT2D eigenvalue weighted by Gasteiger charge is 2.32. The van der Waals surface area contributed by atoms with Gasteiger partial charge in [-0.2, -0.15) is 0 Å². The first-order valence-electron chi connectivity index (χ1n) is 8.93. The molecule has 1 aliphatic heterocycles. The lowest BCUT2D eigenvalue weighted by molar-refractivity contribution is -0.137. The Morgan fingerprint density at radius 2 is 1.92 bits per heavy atom. The second-order valence-electron chi connectivity index (χ2n) is 7.20. The minimum Gasteiger partial charge on any atom is -0.356 e. The molecule has 1 aliphatic carbocycles. The number of benzene rings is 1. The molecule has 1 aromatic carbocycles. The van der Waals surface area contributed by atoms with Crippen molar-refractivity contribution in [2.24, 2.45) is 17.6 Å². The Balaban J connectivity index is 0.00000225. The molecule has 2 atom stereocenters. The maximum atomic E-state index is 12.7. The highest BCUT2D eigenvalue weighted by atomic mass is 35.5. The third kappa shape index (κ3) is 5.19. The van der Waals surface area contributed by atoms with E-state index in [1.165, 1.54) is 12.8 Å². The summed E-state index contributed by atoms with van der Waals surface area (Å²) in [6.07, 6.45) is 4.15. The molecule has 5 nitrogen and oxygen atoms in total. The molecule has 0 bridgehead atoms. The van der Waals surface area contributed by atoms with Crippen LogP contribution in [0.15, 0.2) is 24.3 Å². The molecule has 0 radical (unpaired) electrons. The van der Waals surface area contributed by atoms with E-state index in [0.29, 0.717) is 19.0 Å². The number of nitrogens with two attached hydrogens (primary N) is 1. The molecule has 25 heavy (non-hydrogen) atoms. The van der Waals surface area contributed by atoms with E-state index in [0.717, 1.165) is 30.5 Å². The Morgan fingerprint density at radius 1 is 1.24 bits per heavy atom. The molecule has 3 N–H and O–H groups in total. The molecule has 2 fully saturated rings. The van der Waals surface area contributed by atoms with Gasteiger partial charge in [-0.1, -0.05) is 29.8 Å². The van der Waals surface area contributed by atoms with Gasteiger partial charge in [-0.05, 0) is 44.1 Å². The number of carbonyl (C=O) groups is 2. The van der Waals surface area contributed by atoms with Crippen LogP contribution in [0.3, 0.4) is 0 Å². The summed E-state index contributed by atoms with van der Waals surface area (Å²) in [5.41, 5.74) is 8.12. The van der Waals surface area contributed by atoms with Crippen LogP contribution in [0.4, 0.5) is 0 Å². The zero-order chi connectivity index (χ0) is 17.1. The Bertz CT molecular complexity index is 601. The summed E-state index contributed by atoms with van der Waals surface area (Å²) in [7, 11) is 0. The third-order valence-corrected chi connectivity index (χ3v) is 5.07. The van der Waals surface area contributed by atoms with Gasteiger partial charge in [-0.25, -0.2) is 0 Å². The van der Waals surface area contributed by atoms with Crippen LogP contribution in [0.25, 0.3) is 0 Å². The molecular formula is C19H28ClN3O2. The summed E-state index contributed by atoms with van der Waals surface area (Å²) in [6, 6.07) is 7.09. The number of hydrogen-bond acceptors (Lipinski definition) is 3. The molecule has 138 valence electrons. The lowest BCUT2D eigenvalue weighted by Gasteiger charge is -2.33. The van der Waals surface area contributed by atoms with E-state index >= 15 is 0 Å². The summed E-state index contributed by atoms with van der Waals surface area (Å²) in [6.45, 7) is 3.96. The van der Waals surface area contributed by atoms with Crippen LogP contribution in [-0.4, -0.2) is 36.3 Å². The Labute approximate surface area is 155 Å². The number of hydrogen-bond donors (Lipinski definition) is 2. The van der Waals surface area contributed by atoms with Gasteiger partial charge in [0.05, 0.1) is 5.92 Å². The molecule has 1 heterocycles. The van der Waals surface area contributed by atoms with Gasteiger partial charge >= 0.3 is 0 Å². The summed E-state index contributed by atoms with van der Waals surface area (Å²) in [5.74, 6) is 0.568. The first kappa shape index (κ1) is 19.7. The van der Waals surface area contributed by atoms with Crippen molar-refractivity contribution in [3.05, 3.63) is 35.4 Å². The SMILES string of the molecule is Cc1ccc(C(N)C(=O)N2CCCC(C(=O)NCC3CC3)C2)cc1.Cl. The Morgan fingerprint density at radius 3 is 2.56 bits per heavy atom. The molecule has 2 unspecified atom stereocenters. The maximum Gasteiger partial charge on any atom is 0.244 e. The zero-order valence-corrected chi connectivity index (χ0v) is 15.6. The molecule has 0 aromatic heterocycles. The van der Waals surface area contributed by atoms with Crippen molar-refractivity contribution < 1.29 is 9.59 Å². The number of aryl methyl sites for hydroxylation is 1.